The number of halogens is 1. The van der Waals surface area contributed by atoms with Gasteiger partial charge in [-0.2, -0.15) is 0 Å². The number of aldehydes is 1. The molecule has 20 heavy (non-hydrogen) atoms. The molecular formula is C14H20BrN3O2. The molecule has 1 saturated heterocycles. The second-order valence-electron chi connectivity index (χ2n) is 4.93. The van der Waals surface area contributed by atoms with E-state index < -0.39 is 6.17 Å². The summed E-state index contributed by atoms with van der Waals surface area (Å²) in [6.45, 7) is 1.65. The van der Waals surface area contributed by atoms with Crippen molar-refractivity contribution in [3.05, 3.63) is 22.7 Å². The van der Waals surface area contributed by atoms with Crippen LogP contribution in [-0.4, -0.2) is 43.6 Å². The number of ether oxygens (including phenoxy) is 1. The maximum Gasteiger partial charge on any atom is 0.151 e. The van der Waals surface area contributed by atoms with Crippen molar-refractivity contribution in [2.45, 2.75) is 25.0 Å². The smallest absolute Gasteiger partial charge is 0.151 e. The van der Waals surface area contributed by atoms with Crippen molar-refractivity contribution in [3.63, 3.8) is 0 Å². The van der Waals surface area contributed by atoms with Gasteiger partial charge in [-0.3, -0.25) is 4.90 Å². The Hall–Kier alpha value is -1.11. The van der Waals surface area contributed by atoms with Gasteiger partial charge in [0.25, 0.3) is 0 Å². The Labute approximate surface area is 127 Å². The second-order valence-corrected chi connectivity index (χ2v) is 5.84. The minimum absolute atomic E-state index is 0.369. The molecule has 0 amide bonds. The molecule has 0 aliphatic carbocycles. The SMILES string of the molecule is COc1ccc(Br)cc1NC1CCN(C(N)C=O)CC1. The Morgan fingerprint density at radius 2 is 2.20 bits per heavy atom. The Kier molecular flexibility index (Phi) is 5.39. The van der Waals surface area contributed by atoms with Gasteiger partial charge in [0, 0.05) is 23.6 Å². The average Bonchev–Trinajstić information content (AvgIpc) is 2.47. The molecule has 2 rings (SSSR count). The number of nitrogens with zero attached hydrogens (tertiary/aromatic N) is 1. The summed E-state index contributed by atoms with van der Waals surface area (Å²) in [7, 11) is 1.67. The summed E-state index contributed by atoms with van der Waals surface area (Å²) < 4.78 is 6.37. The Balaban J connectivity index is 1.95. The third kappa shape index (κ3) is 3.71. The second kappa shape index (κ2) is 7.06. The zero-order valence-electron chi connectivity index (χ0n) is 11.5. The molecule has 1 heterocycles. The number of piperidine rings is 1. The minimum Gasteiger partial charge on any atom is -0.495 e. The summed E-state index contributed by atoms with van der Waals surface area (Å²) in [6, 6.07) is 6.27. The first kappa shape index (κ1) is 15.3. The molecule has 0 aromatic heterocycles. The van der Waals surface area contributed by atoms with E-state index in [0.29, 0.717) is 6.04 Å². The van der Waals surface area contributed by atoms with Crippen molar-refractivity contribution in [2.24, 2.45) is 5.73 Å². The fourth-order valence-electron chi connectivity index (χ4n) is 2.44. The molecule has 1 fully saturated rings. The van der Waals surface area contributed by atoms with E-state index in [2.05, 4.69) is 21.2 Å². The van der Waals surface area contributed by atoms with Crippen molar-refractivity contribution in [1.82, 2.24) is 4.90 Å². The normalized spacial score (nSPS) is 18.6. The van der Waals surface area contributed by atoms with Gasteiger partial charge >= 0.3 is 0 Å². The third-order valence-electron chi connectivity index (χ3n) is 3.61. The summed E-state index contributed by atoms with van der Waals surface area (Å²) in [5.41, 5.74) is 6.71. The third-order valence-corrected chi connectivity index (χ3v) is 4.11. The molecular weight excluding hydrogens is 322 g/mol. The molecule has 1 atom stereocenters. The Morgan fingerprint density at radius 1 is 1.50 bits per heavy atom. The van der Waals surface area contributed by atoms with Gasteiger partial charge in [0.1, 0.15) is 11.9 Å². The number of likely N-dealkylation sites (tertiary alicyclic amines) is 1. The number of nitrogens with one attached hydrogen (secondary N) is 1. The lowest BCUT2D eigenvalue weighted by Gasteiger charge is -2.34. The lowest BCUT2D eigenvalue weighted by molar-refractivity contribution is -0.112. The topological polar surface area (TPSA) is 67.6 Å². The van der Waals surface area contributed by atoms with Gasteiger partial charge in [-0.1, -0.05) is 15.9 Å². The molecule has 0 radical (unpaired) electrons. The molecule has 1 aromatic rings. The molecule has 1 aliphatic heterocycles. The highest BCUT2D eigenvalue weighted by Crippen LogP contribution is 2.29. The molecule has 0 bridgehead atoms. The summed E-state index contributed by atoms with van der Waals surface area (Å²) >= 11 is 3.47. The van der Waals surface area contributed by atoms with Gasteiger partial charge in [0.05, 0.1) is 12.8 Å². The summed E-state index contributed by atoms with van der Waals surface area (Å²) in [4.78, 5) is 12.7. The fourth-order valence-corrected chi connectivity index (χ4v) is 2.80. The van der Waals surface area contributed by atoms with E-state index in [1.165, 1.54) is 0 Å². The van der Waals surface area contributed by atoms with Gasteiger partial charge in [0.2, 0.25) is 0 Å². The maximum atomic E-state index is 10.7. The van der Waals surface area contributed by atoms with E-state index in [9.17, 15) is 4.79 Å². The highest BCUT2D eigenvalue weighted by atomic mass is 79.9. The lowest BCUT2D eigenvalue weighted by Crippen LogP contribution is -2.49. The van der Waals surface area contributed by atoms with Crippen LogP contribution in [-0.2, 0) is 4.79 Å². The van der Waals surface area contributed by atoms with Crippen LogP contribution >= 0.6 is 15.9 Å². The first-order valence-electron chi connectivity index (χ1n) is 6.69. The molecule has 0 spiro atoms. The summed E-state index contributed by atoms with van der Waals surface area (Å²) in [5, 5.41) is 3.51. The van der Waals surface area contributed by atoms with E-state index in [4.69, 9.17) is 10.5 Å². The van der Waals surface area contributed by atoms with Crippen molar-refractivity contribution in [1.29, 1.82) is 0 Å². The Morgan fingerprint density at radius 3 is 2.80 bits per heavy atom. The number of hydrogen-bond acceptors (Lipinski definition) is 5. The number of anilines is 1. The first-order valence-corrected chi connectivity index (χ1v) is 7.48. The fraction of sp³-hybridized carbons (Fsp3) is 0.500. The van der Waals surface area contributed by atoms with E-state index in [1.54, 1.807) is 7.11 Å². The van der Waals surface area contributed by atoms with Gasteiger partial charge in [0.15, 0.2) is 6.29 Å². The van der Waals surface area contributed by atoms with Crippen LogP contribution in [0.2, 0.25) is 0 Å². The molecule has 5 nitrogen and oxygen atoms in total. The van der Waals surface area contributed by atoms with Crippen LogP contribution in [0.15, 0.2) is 22.7 Å². The standard InChI is InChI=1S/C14H20BrN3O2/c1-20-13-3-2-10(15)8-12(13)17-11-4-6-18(7-5-11)14(16)9-19/h2-3,8-9,11,14,17H,4-7,16H2,1H3. The van der Waals surface area contributed by atoms with Crippen molar-refractivity contribution in [3.8, 4) is 5.75 Å². The van der Waals surface area contributed by atoms with Crippen LogP contribution in [0.5, 0.6) is 5.75 Å². The quantitative estimate of drug-likeness (QED) is 0.799. The van der Waals surface area contributed by atoms with Gasteiger partial charge in [-0.15, -0.1) is 0 Å². The van der Waals surface area contributed by atoms with Crippen molar-refractivity contribution in [2.75, 3.05) is 25.5 Å². The van der Waals surface area contributed by atoms with Gasteiger partial charge in [-0.05, 0) is 31.0 Å². The molecule has 1 unspecified atom stereocenters. The number of carbonyl (C=O) groups is 1. The van der Waals surface area contributed by atoms with Crippen molar-refractivity contribution < 1.29 is 9.53 Å². The van der Waals surface area contributed by atoms with E-state index >= 15 is 0 Å². The van der Waals surface area contributed by atoms with Gasteiger partial charge in [-0.25, -0.2) is 0 Å². The largest absolute Gasteiger partial charge is 0.495 e. The van der Waals surface area contributed by atoms with E-state index in [0.717, 1.165) is 48.1 Å². The number of hydrogen-bond donors (Lipinski definition) is 2. The van der Waals surface area contributed by atoms with Crippen LogP contribution in [0.3, 0.4) is 0 Å². The lowest BCUT2D eigenvalue weighted by atomic mass is 10.0. The first-order chi connectivity index (χ1) is 9.63. The van der Waals surface area contributed by atoms with Gasteiger partial charge < -0.3 is 20.6 Å². The molecule has 3 N–H and O–H groups in total. The predicted octanol–water partition coefficient (Wildman–Crippen LogP) is 1.82. The van der Waals surface area contributed by atoms with Crippen molar-refractivity contribution >= 4 is 27.9 Å². The van der Waals surface area contributed by atoms with Crippen LogP contribution in [0.25, 0.3) is 0 Å². The molecule has 1 aliphatic rings. The zero-order chi connectivity index (χ0) is 14.5. The minimum atomic E-state index is -0.476. The number of nitrogens with two attached hydrogens (primary N) is 1. The monoisotopic (exact) mass is 341 g/mol. The molecule has 6 heteroatoms. The zero-order valence-corrected chi connectivity index (χ0v) is 13.1. The highest BCUT2D eigenvalue weighted by molar-refractivity contribution is 9.10. The number of methoxy groups -OCH3 is 1. The summed E-state index contributed by atoms with van der Waals surface area (Å²) in [5.74, 6) is 0.834. The maximum absolute atomic E-state index is 10.7. The molecule has 0 saturated carbocycles. The van der Waals surface area contributed by atoms with Crippen LogP contribution in [0.4, 0.5) is 5.69 Å². The number of benzene rings is 1. The number of carbonyl (C=O) groups excluding carboxylic acids is 1. The van der Waals surface area contributed by atoms with Crippen LogP contribution < -0.4 is 15.8 Å². The summed E-state index contributed by atoms with van der Waals surface area (Å²) in [6.07, 6.45) is 2.23. The van der Waals surface area contributed by atoms with Crippen LogP contribution in [0.1, 0.15) is 12.8 Å². The highest BCUT2D eigenvalue weighted by Gasteiger charge is 2.23. The number of rotatable bonds is 5. The molecule has 110 valence electrons. The predicted molar refractivity (Wildman–Crippen MR) is 83.0 cm³/mol. The average molecular weight is 342 g/mol. The van der Waals surface area contributed by atoms with Crippen LogP contribution in [0, 0.1) is 0 Å². The Bertz CT molecular complexity index is 462. The molecule has 1 aromatic carbocycles. The van der Waals surface area contributed by atoms with E-state index in [1.807, 2.05) is 23.1 Å². The van der Waals surface area contributed by atoms with E-state index in [-0.39, 0.29) is 0 Å².